The van der Waals surface area contributed by atoms with Crippen molar-refractivity contribution in [1.29, 1.82) is 0 Å². The third-order valence-corrected chi connectivity index (χ3v) is 1.86. The monoisotopic (exact) mass is 178 g/mol. The molecule has 0 amide bonds. The second-order valence-electron chi connectivity index (χ2n) is 3.47. The van der Waals surface area contributed by atoms with Crippen LogP contribution in [0.2, 0.25) is 0 Å². The molecule has 0 saturated carbocycles. The molecule has 13 heavy (non-hydrogen) atoms. The van der Waals surface area contributed by atoms with Crippen molar-refractivity contribution in [3.8, 4) is 0 Å². The van der Waals surface area contributed by atoms with Crippen LogP contribution < -0.4 is 5.32 Å². The van der Waals surface area contributed by atoms with Gasteiger partial charge in [0.1, 0.15) is 0 Å². The average Bonchev–Trinajstić information content (AvgIpc) is 2.14. The zero-order valence-corrected chi connectivity index (χ0v) is 8.46. The Labute approximate surface area is 80.6 Å². The van der Waals surface area contributed by atoms with Crippen molar-refractivity contribution < 1.29 is 0 Å². The third-order valence-electron chi connectivity index (χ3n) is 1.86. The highest BCUT2D eigenvalue weighted by Gasteiger charge is 1.91. The molecule has 0 aliphatic heterocycles. The number of rotatable bonds is 5. The molecule has 2 nitrogen and oxygen atoms in total. The summed E-state index contributed by atoms with van der Waals surface area (Å²) >= 11 is 0. The van der Waals surface area contributed by atoms with Crippen molar-refractivity contribution in [3.05, 3.63) is 35.9 Å². The van der Waals surface area contributed by atoms with Crippen LogP contribution in [-0.4, -0.2) is 32.2 Å². The van der Waals surface area contributed by atoms with Gasteiger partial charge in [-0.05, 0) is 26.1 Å². The molecule has 2 heteroatoms. The Balaban J connectivity index is 2.13. The van der Waals surface area contributed by atoms with Crippen LogP contribution in [0.1, 0.15) is 5.56 Å². The minimum absolute atomic E-state index is 0.951. The van der Waals surface area contributed by atoms with Gasteiger partial charge in [0.2, 0.25) is 0 Å². The van der Waals surface area contributed by atoms with Crippen molar-refractivity contribution >= 4 is 0 Å². The smallest absolute Gasteiger partial charge is 0.0474 e. The Morgan fingerprint density at radius 1 is 1.15 bits per heavy atom. The van der Waals surface area contributed by atoms with Gasteiger partial charge in [-0.25, -0.2) is 0 Å². The van der Waals surface area contributed by atoms with Gasteiger partial charge >= 0.3 is 0 Å². The Morgan fingerprint density at radius 3 is 2.46 bits per heavy atom. The summed E-state index contributed by atoms with van der Waals surface area (Å²) in [7, 11) is 4.13. The van der Waals surface area contributed by atoms with E-state index in [0.29, 0.717) is 0 Å². The van der Waals surface area contributed by atoms with Crippen LogP contribution in [0, 0.1) is 0 Å². The molecule has 1 N–H and O–H groups in total. The maximum Gasteiger partial charge on any atom is 0.0474 e. The molecule has 72 valence electrons. The molecule has 0 aliphatic rings. The van der Waals surface area contributed by atoms with Gasteiger partial charge < -0.3 is 5.32 Å². The first kappa shape index (κ1) is 10.2. The molecule has 0 heterocycles. The van der Waals surface area contributed by atoms with Crippen LogP contribution in [-0.2, 0) is 6.42 Å². The lowest BCUT2D eigenvalue weighted by molar-refractivity contribution is 0.370. The van der Waals surface area contributed by atoms with Crippen molar-refractivity contribution in [2.75, 3.05) is 27.3 Å². The summed E-state index contributed by atoms with van der Waals surface area (Å²) in [6.07, 6.45) is 1.11. The number of nitrogens with zero attached hydrogens (tertiary/aromatic N) is 1. The third kappa shape index (κ3) is 4.65. The van der Waals surface area contributed by atoms with Gasteiger partial charge in [0.25, 0.3) is 0 Å². The summed E-state index contributed by atoms with van der Waals surface area (Å²) < 4.78 is 0. The van der Waals surface area contributed by atoms with E-state index < -0.39 is 0 Å². The predicted molar refractivity (Wildman–Crippen MR) is 56.7 cm³/mol. The SMILES string of the molecule is CN(C)CNCCc1ccccc1. The minimum atomic E-state index is 0.951. The molecule has 1 rings (SSSR count). The zero-order chi connectivity index (χ0) is 9.52. The standard InChI is InChI=1S/C11H18N2/c1-13(2)10-12-9-8-11-6-4-3-5-7-11/h3-7,12H,8-10H2,1-2H3. The highest BCUT2D eigenvalue weighted by molar-refractivity contribution is 5.14. The van der Waals surface area contributed by atoms with Crippen LogP contribution >= 0.6 is 0 Å². The van der Waals surface area contributed by atoms with Crippen LogP contribution in [0.4, 0.5) is 0 Å². The fourth-order valence-corrected chi connectivity index (χ4v) is 1.18. The van der Waals surface area contributed by atoms with Gasteiger partial charge in [-0.15, -0.1) is 0 Å². The fraction of sp³-hybridized carbons (Fsp3) is 0.455. The molecule has 0 radical (unpaired) electrons. The van der Waals surface area contributed by atoms with Gasteiger partial charge in [-0.2, -0.15) is 0 Å². The summed E-state index contributed by atoms with van der Waals surface area (Å²) in [5.41, 5.74) is 1.40. The molecular formula is C11H18N2. The number of hydrogen-bond acceptors (Lipinski definition) is 2. The highest BCUT2D eigenvalue weighted by Crippen LogP contribution is 1.97. The molecule has 0 bridgehead atoms. The molecule has 0 unspecified atom stereocenters. The van der Waals surface area contributed by atoms with Crippen LogP contribution in [0.5, 0.6) is 0 Å². The number of hydrogen-bond donors (Lipinski definition) is 1. The van der Waals surface area contributed by atoms with Crippen LogP contribution in [0.3, 0.4) is 0 Å². The van der Waals surface area contributed by atoms with E-state index in [-0.39, 0.29) is 0 Å². The Kier molecular flexibility index (Phi) is 4.50. The second-order valence-corrected chi connectivity index (χ2v) is 3.47. The lowest BCUT2D eigenvalue weighted by atomic mass is 10.1. The zero-order valence-electron chi connectivity index (χ0n) is 8.46. The highest BCUT2D eigenvalue weighted by atomic mass is 15.2. The first-order valence-corrected chi connectivity index (χ1v) is 4.68. The van der Waals surface area contributed by atoms with Crippen LogP contribution in [0.25, 0.3) is 0 Å². The van der Waals surface area contributed by atoms with E-state index in [1.54, 1.807) is 0 Å². The van der Waals surface area contributed by atoms with Gasteiger partial charge in [0, 0.05) is 13.2 Å². The fourth-order valence-electron chi connectivity index (χ4n) is 1.18. The molecular weight excluding hydrogens is 160 g/mol. The normalized spacial score (nSPS) is 10.7. The van der Waals surface area contributed by atoms with Gasteiger partial charge in [-0.1, -0.05) is 30.3 Å². The van der Waals surface area contributed by atoms with Crippen molar-refractivity contribution in [1.82, 2.24) is 10.2 Å². The van der Waals surface area contributed by atoms with Crippen molar-refractivity contribution in [3.63, 3.8) is 0 Å². The quantitative estimate of drug-likeness (QED) is 0.540. The second kappa shape index (κ2) is 5.73. The maximum absolute atomic E-state index is 3.36. The van der Waals surface area contributed by atoms with E-state index in [1.807, 2.05) is 0 Å². The molecule has 0 saturated heterocycles. The van der Waals surface area contributed by atoms with Gasteiger partial charge in [0.15, 0.2) is 0 Å². The van der Waals surface area contributed by atoms with Crippen LogP contribution in [0.15, 0.2) is 30.3 Å². The lowest BCUT2D eigenvalue weighted by Crippen LogP contribution is -2.29. The van der Waals surface area contributed by atoms with Crippen molar-refractivity contribution in [2.45, 2.75) is 6.42 Å². The largest absolute Gasteiger partial charge is 0.304 e. The molecule has 1 aromatic rings. The first-order valence-electron chi connectivity index (χ1n) is 4.68. The van der Waals surface area contributed by atoms with E-state index in [0.717, 1.165) is 19.6 Å². The first-order chi connectivity index (χ1) is 6.29. The van der Waals surface area contributed by atoms with E-state index in [9.17, 15) is 0 Å². The molecule has 0 aromatic heterocycles. The molecule has 0 aliphatic carbocycles. The van der Waals surface area contributed by atoms with E-state index in [4.69, 9.17) is 0 Å². The summed E-state index contributed by atoms with van der Waals surface area (Å²) in [6.45, 7) is 2.00. The Hall–Kier alpha value is -0.860. The summed E-state index contributed by atoms with van der Waals surface area (Å²) in [4.78, 5) is 2.13. The van der Waals surface area contributed by atoms with Crippen molar-refractivity contribution in [2.24, 2.45) is 0 Å². The molecule has 0 spiro atoms. The summed E-state index contributed by atoms with van der Waals surface area (Å²) in [6, 6.07) is 10.5. The number of nitrogens with one attached hydrogen (secondary N) is 1. The van der Waals surface area contributed by atoms with Gasteiger partial charge in [0.05, 0.1) is 0 Å². The van der Waals surface area contributed by atoms with E-state index in [1.165, 1.54) is 5.56 Å². The summed E-state index contributed by atoms with van der Waals surface area (Å²) in [5, 5.41) is 3.36. The lowest BCUT2D eigenvalue weighted by Gasteiger charge is -2.10. The molecule has 1 aromatic carbocycles. The van der Waals surface area contributed by atoms with E-state index >= 15 is 0 Å². The number of benzene rings is 1. The topological polar surface area (TPSA) is 15.3 Å². The molecule has 0 fully saturated rings. The minimum Gasteiger partial charge on any atom is -0.304 e. The summed E-state index contributed by atoms with van der Waals surface area (Å²) in [5.74, 6) is 0. The Morgan fingerprint density at radius 2 is 1.85 bits per heavy atom. The maximum atomic E-state index is 3.36. The molecule has 0 atom stereocenters. The Bertz CT molecular complexity index is 219. The average molecular weight is 178 g/mol. The van der Waals surface area contributed by atoms with E-state index in [2.05, 4.69) is 54.6 Å². The van der Waals surface area contributed by atoms with Gasteiger partial charge in [-0.3, -0.25) is 4.90 Å². The predicted octanol–water partition coefficient (Wildman–Crippen LogP) is 1.34.